The summed E-state index contributed by atoms with van der Waals surface area (Å²) in [6.07, 6.45) is 3.55. The lowest BCUT2D eigenvalue weighted by Gasteiger charge is -2.10. The third-order valence-corrected chi connectivity index (χ3v) is 4.47. The maximum absolute atomic E-state index is 10.3. The molecule has 2 heterocycles. The van der Waals surface area contributed by atoms with Crippen molar-refractivity contribution < 1.29 is 5.11 Å². The van der Waals surface area contributed by atoms with E-state index in [0.29, 0.717) is 27.9 Å². The van der Waals surface area contributed by atoms with Crippen LogP contribution >= 0.6 is 27.5 Å². The Kier molecular flexibility index (Phi) is 4.07. The zero-order chi connectivity index (χ0) is 17.4. The van der Waals surface area contributed by atoms with Crippen LogP contribution in [0.3, 0.4) is 0 Å². The quantitative estimate of drug-likeness (QED) is 0.479. The van der Waals surface area contributed by atoms with Crippen molar-refractivity contribution in [2.75, 3.05) is 5.32 Å². The van der Waals surface area contributed by atoms with Gasteiger partial charge in [-0.2, -0.15) is 0 Å². The van der Waals surface area contributed by atoms with Gasteiger partial charge in [-0.25, -0.2) is 9.97 Å². The number of benzene rings is 2. The molecule has 0 radical (unpaired) electrons. The van der Waals surface area contributed by atoms with Crippen molar-refractivity contribution in [2.24, 2.45) is 0 Å². The molecule has 0 aliphatic carbocycles. The van der Waals surface area contributed by atoms with Gasteiger partial charge in [-0.1, -0.05) is 27.5 Å². The summed E-state index contributed by atoms with van der Waals surface area (Å²) in [7, 11) is 0. The van der Waals surface area contributed by atoms with Crippen LogP contribution in [-0.2, 0) is 0 Å². The molecule has 4 aromatic rings. The van der Waals surface area contributed by atoms with Crippen LogP contribution in [-0.4, -0.2) is 19.5 Å². The Labute approximate surface area is 157 Å². The first-order valence-electron chi connectivity index (χ1n) is 7.46. The first-order valence-corrected chi connectivity index (χ1v) is 8.63. The van der Waals surface area contributed by atoms with E-state index < -0.39 is 0 Å². The van der Waals surface area contributed by atoms with E-state index in [1.54, 1.807) is 18.3 Å². The van der Waals surface area contributed by atoms with Crippen molar-refractivity contribution in [3.05, 3.63) is 70.4 Å². The Morgan fingerprint density at radius 2 is 1.92 bits per heavy atom. The maximum atomic E-state index is 10.3. The molecular weight excluding hydrogens is 404 g/mol. The molecule has 2 aromatic carbocycles. The average molecular weight is 416 g/mol. The molecule has 5 nitrogen and oxygen atoms in total. The van der Waals surface area contributed by atoms with Gasteiger partial charge < -0.3 is 10.4 Å². The summed E-state index contributed by atoms with van der Waals surface area (Å²) >= 11 is 9.40. The second kappa shape index (κ2) is 6.38. The highest BCUT2D eigenvalue weighted by molar-refractivity contribution is 9.10. The number of halogens is 2. The minimum Gasteiger partial charge on any atom is -0.507 e. The van der Waals surface area contributed by atoms with Gasteiger partial charge in [-0.3, -0.25) is 4.40 Å². The molecule has 0 bridgehead atoms. The molecule has 0 aliphatic rings. The number of nitrogens with zero attached hydrogens (tertiary/aromatic N) is 3. The van der Waals surface area contributed by atoms with Gasteiger partial charge in [0.2, 0.25) is 5.78 Å². The van der Waals surface area contributed by atoms with Crippen molar-refractivity contribution in [1.82, 2.24) is 14.4 Å². The molecule has 0 saturated carbocycles. The first kappa shape index (κ1) is 15.9. The highest BCUT2D eigenvalue weighted by Crippen LogP contribution is 2.37. The van der Waals surface area contributed by atoms with Crippen LogP contribution in [0.15, 0.2) is 65.4 Å². The van der Waals surface area contributed by atoms with E-state index in [-0.39, 0.29) is 5.75 Å². The number of anilines is 2. The normalized spacial score (nSPS) is 11.0. The van der Waals surface area contributed by atoms with E-state index >= 15 is 0 Å². The Balaban J connectivity index is 1.92. The molecule has 2 N–H and O–H groups in total. The van der Waals surface area contributed by atoms with Crippen molar-refractivity contribution in [3.63, 3.8) is 0 Å². The topological polar surface area (TPSA) is 62.5 Å². The van der Waals surface area contributed by atoms with E-state index in [1.165, 1.54) is 0 Å². The van der Waals surface area contributed by atoms with E-state index in [2.05, 4.69) is 31.2 Å². The van der Waals surface area contributed by atoms with Gasteiger partial charge in [0.15, 0.2) is 0 Å². The molecule has 0 saturated heterocycles. The van der Waals surface area contributed by atoms with E-state index in [9.17, 15) is 5.11 Å². The maximum Gasteiger partial charge on any atom is 0.235 e. The highest BCUT2D eigenvalue weighted by atomic mass is 79.9. The van der Waals surface area contributed by atoms with Crippen LogP contribution in [0.5, 0.6) is 5.75 Å². The lowest BCUT2D eigenvalue weighted by molar-refractivity contribution is 0.477. The number of imidazole rings is 1. The van der Waals surface area contributed by atoms with Crippen LogP contribution in [0.2, 0.25) is 5.02 Å². The van der Waals surface area contributed by atoms with Gasteiger partial charge in [0, 0.05) is 33.1 Å². The molecule has 7 heteroatoms. The van der Waals surface area contributed by atoms with E-state index in [1.807, 2.05) is 47.0 Å². The van der Waals surface area contributed by atoms with Crippen molar-refractivity contribution >= 4 is 44.8 Å². The van der Waals surface area contributed by atoms with Crippen LogP contribution < -0.4 is 5.32 Å². The summed E-state index contributed by atoms with van der Waals surface area (Å²) in [6, 6.07) is 14.4. The van der Waals surface area contributed by atoms with Crippen LogP contribution in [0, 0.1) is 0 Å². The predicted octanol–water partition coefficient (Wildman–Crippen LogP) is 5.26. The Morgan fingerprint density at radius 1 is 1.12 bits per heavy atom. The minimum atomic E-state index is 0.144. The van der Waals surface area contributed by atoms with Crippen LogP contribution in [0.4, 0.5) is 11.5 Å². The largest absolute Gasteiger partial charge is 0.507 e. The Morgan fingerprint density at radius 3 is 2.72 bits per heavy atom. The number of hydrogen-bond acceptors (Lipinski definition) is 4. The number of fused-ring (bicyclic) bond motifs is 1. The number of rotatable bonds is 3. The lowest BCUT2D eigenvalue weighted by atomic mass is 10.1. The molecule has 4 rings (SSSR count). The number of aromatic nitrogens is 3. The first-order chi connectivity index (χ1) is 12.1. The van der Waals surface area contributed by atoms with Crippen LogP contribution in [0.1, 0.15) is 0 Å². The van der Waals surface area contributed by atoms with Crippen molar-refractivity contribution in [3.8, 4) is 17.0 Å². The molecule has 0 spiro atoms. The smallest absolute Gasteiger partial charge is 0.235 e. The summed E-state index contributed by atoms with van der Waals surface area (Å²) < 4.78 is 2.69. The van der Waals surface area contributed by atoms with Gasteiger partial charge in [0.05, 0.1) is 0 Å². The van der Waals surface area contributed by atoms with E-state index in [0.717, 1.165) is 10.2 Å². The second-order valence-electron chi connectivity index (χ2n) is 5.39. The fourth-order valence-corrected chi connectivity index (χ4v) is 3.05. The number of aromatic hydroxyl groups is 1. The summed E-state index contributed by atoms with van der Waals surface area (Å²) in [5.74, 6) is 1.39. The monoisotopic (exact) mass is 414 g/mol. The zero-order valence-corrected chi connectivity index (χ0v) is 15.2. The highest BCUT2D eigenvalue weighted by Gasteiger charge is 2.18. The molecule has 0 aliphatic heterocycles. The van der Waals surface area contributed by atoms with Gasteiger partial charge in [0.1, 0.15) is 17.3 Å². The third kappa shape index (κ3) is 3.06. The summed E-state index contributed by atoms with van der Waals surface area (Å²) in [4.78, 5) is 8.87. The number of hydrogen-bond donors (Lipinski definition) is 2. The number of phenols is 1. The van der Waals surface area contributed by atoms with Crippen molar-refractivity contribution in [1.29, 1.82) is 0 Å². The molecule has 0 unspecified atom stereocenters. The lowest BCUT2D eigenvalue weighted by Crippen LogP contribution is -1.97. The summed E-state index contributed by atoms with van der Waals surface area (Å²) in [5.41, 5.74) is 2.06. The Bertz CT molecular complexity index is 1060. The Hall–Kier alpha value is -2.57. The SMILES string of the molecule is Oc1ccc(Br)cc1-c1nc2ncccn2c1Nc1ccc(Cl)cc1. The third-order valence-electron chi connectivity index (χ3n) is 3.72. The molecule has 0 atom stereocenters. The predicted molar refractivity (Wildman–Crippen MR) is 103 cm³/mol. The molecule has 0 fully saturated rings. The fraction of sp³-hybridized carbons (Fsp3) is 0. The summed E-state index contributed by atoms with van der Waals surface area (Å²) in [5, 5.41) is 14.3. The van der Waals surface area contributed by atoms with Crippen molar-refractivity contribution in [2.45, 2.75) is 0 Å². The standard InChI is InChI=1S/C18H12BrClN4O/c19-11-2-7-15(25)14(10-11)16-17(22-13-5-3-12(20)4-6-13)24-9-1-8-21-18(24)23-16/h1-10,22,25H. The van der Waals surface area contributed by atoms with Gasteiger partial charge in [0.25, 0.3) is 0 Å². The molecule has 25 heavy (non-hydrogen) atoms. The molecular formula is C18H12BrClN4O. The van der Waals surface area contributed by atoms with Gasteiger partial charge >= 0.3 is 0 Å². The zero-order valence-electron chi connectivity index (χ0n) is 12.8. The fourth-order valence-electron chi connectivity index (χ4n) is 2.56. The van der Waals surface area contributed by atoms with Gasteiger partial charge in [-0.05, 0) is 48.5 Å². The van der Waals surface area contributed by atoms with Crippen LogP contribution in [0.25, 0.3) is 17.0 Å². The second-order valence-corrected chi connectivity index (χ2v) is 6.74. The number of nitrogens with one attached hydrogen (secondary N) is 1. The number of phenolic OH excluding ortho intramolecular Hbond substituents is 1. The van der Waals surface area contributed by atoms with Gasteiger partial charge in [-0.15, -0.1) is 0 Å². The molecule has 0 amide bonds. The molecule has 124 valence electrons. The minimum absolute atomic E-state index is 0.144. The average Bonchev–Trinajstić information content (AvgIpc) is 2.97. The summed E-state index contributed by atoms with van der Waals surface area (Å²) in [6.45, 7) is 0. The van der Waals surface area contributed by atoms with E-state index in [4.69, 9.17) is 11.6 Å². The molecule has 2 aromatic heterocycles.